The van der Waals surface area contributed by atoms with Gasteiger partial charge < -0.3 is 9.63 Å². The maximum atomic E-state index is 12.8. The number of aromatic nitrogens is 2. The molecule has 0 spiro atoms. The summed E-state index contributed by atoms with van der Waals surface area (Å²) in [4.78, 5) is 15.1. The van der Waals surface area contributed by atoms with Gasteiger partial charge in [-0.15, -0.1) is 11.8 Å². The molecule has 1 N–H and O–H groups in total. The Kier molecular flexibility index (Phi) is 4.08. The van der Waals surface area contributed by atoms with Gasteiger partial charge in [-0.25, -0.2) is 4.39 Å². The van der Waals surface area contributed by atoms with Crippen LogP contribution in [-0.2, 0) is 10.5 Å². The Morgan fingerprint density at radius 2 is 2.05 bits per heavy atom. The van der Waals surface area contributed by atoms with Gasteiger partial charge in [0.25, 0.3) is 0 Å². The van der Waals surface area contributed by atoms with Crippen LogP contribution in [0.3, 0.4) is 0 Å². The van der Waals surface area contributed by atoms with Crippen LogP contribution in [0.2, 0.25) is 0 Å². The van der Waals surface area contributed by atoms with Crippen molar-refractivity contribution >= 4 is 17.7 Å². The van der Waals surface area contributed by atoms with E-state index in [4.69, 9.17) is 9.63 Å². The SMILES string of the molecule is CC(C)(SCc1nc(-c2ccc(F)cc2)no1)C(=O)O. The number of carbonyl (C=O) groups is 1. The molecule has 0 unspecified atom stereocenters. The summed E-state index contributed by atoms with van der Waals surface area (Å²) in [6, 6.07) is 5.73. The molecule has 0 aliphatic rings. The van der Waals surface area contributed by atoms with Gasteiger partial charge in [0.15, 0.2) is 0 Å². The number of hydrogen-bond donors (Lipinski definition) is 1. The van der Waals surface area contributed by atoms with E-state index in [9.17, 15) is 9.18 Å². The van der Waals surface area contributed by atoms with Gasteiger partial charge >= 0.3 is 5.97 Å². The molecule has 20 heavy (non-hydrogen) atoms. The third-order valence-electron chi connectivity index (χ3n) is 2.64. The molecule has 0 amide bonds. The Bertz CT molecular complexity index is 610. The first-order valence-electron chi connectivity index (χ1n) is 5.84. The van der Waals surface area contributed by atoms with Crippen LogP contribution in [0.25, 0.3) is 11.4 Å². The van der Waals surface area contributed by atoms with Crippen molar-refractivity contribution in [1.82, 2.24) is 10.1 Å². The maximum Gasteiger partial charge on any atom is 0.319 e. The fourth-order valence-electron chi connectivity index (χ4n) is 1.33. The minimum absolute atomic E-state index is 0.299. The number of carboxylic acids is 1. The van der Waals surface area contributed by atoms with E-state index in [1.807, 2.05) is 0 Å². The molecular formula is C13H13FN2O3S. The summed E-state index contributed by atoms with van der Waals surface area (Å²) < 4.78 is 16.9. The van der Waals surface area contributed by atoms with Crippen molar-refractivity contribution in [2.45, 2.75) is 24.3 Å². The lowest BCUT2D eigenvalue weighted by Gasteiger charge is -2.16. The van der Waals surface area contributed by atoms with Crippen LogP contribution in [0, 0.1) is 5.82 Å². The Labute approximate surface area is 119 Å². The molecule has 2 aromatic rings. The topological polar surface area (TPSA) is 76.2 Å². The van der Waals surface area contributed by atoms with E-state index in [1.54, 1.807) is 26.0 Å². The van der Waals surface area contributed by atoms with Gasteiger partial charge in [0.05, 0.1) is 5.75 Å². The number of nitrogens with zero attached hydrogens (tertiary/aromatic N) is 2. The summed E-state index contributed by atoms with van der Waals surface area (Å²) in [5.41, 5.74) is 0.642. The zero-order valence-electron chi connectivity index (χ0n) is 11.0. The standard InChI is InChI=1S/C13H13FN2O3S/c1-13(2,12(17)18)20-7-10-15-11(16-19-10)8-3-5-9(14)6-4-8/h3-6H,7H2,1-2H3,(H,17,18). The summed E-state index contributed by atoms with van der Waals surface area (Å²) >= 11 is 1.20. The molecule has 106 valence electrons. The van der Waals surface area contributed by atoms with Crippen LogP contribution in [-0.4, -0.2) is 26.0 Å². The highest BCUT2D eigenvalue weighted by Gasteiger charge is 2.28. The average Bonchev–Trinajstić information content (AvgIpc) is 2.86. The van der Waals surface area contributed by atoms with E-state index in [2.05, 4.69) is 10.1 Å². The summed E-state index contributed by atoms with van der Waals surface area (Å²) in [6.07, 6.45) is 0. The fourth-order valence-corrected chi connectivity index (χ4v) is 2.06. The van der Waals surface area contributed by atoms with Gasteiger partial charge in [0.1, 0.15) is 10.6 Å². The molecule has 5 nitrogen and oxygen atoms in total. The lowest BCUT2D eigenvalue weighted by atomic mass is 10.2. The highest BCUT2D eigenvalue weighted by atomic mass is 32.2. The molecule has 2 rings (SSSR count). The van der Waals surface area contributed by atoms with E-state index < -0.39 is 10.7 Å². The smallest absolute Gasteiger partial charge is 0.319 e. The van der Waals surface area contributed by atoms with E-state index in [0.29, 0.717) is 23.0 Å². The highest BCUT2D eigenvalue weighted by Crippen LogP contribution is 2.28. The Morgan fingerprint density at radius 3 is 2.65 bits per heavy atom. The first-order chi connectivity index (χ1) is 9.38. The van der Waals surface area contributed by atoms with Crippen LogP contribution in [0.4, 0.5) is 4.39 Å². The number of aliphatic carboxylic acids is 1. The summed E-state index contributed by atoms with van der Waals surface area (Å²) in [5.74, 6) is -0.248. The lowest BCUT2D eigenvalue weighted by Crippen LogP contribution is -2.27. The third kappa shape index (κ3) is 3.36. The third-order valence-corrected chi connectivity index (χ3v) is 3.93. The Morgan fingerprint density at radius 1 is 1.40 bits per heavy atom. The molecule has 0 atom stereocenters. The second-order valence-electron chi connectivity index (χ2n) is 4.62. The van der Waals surface area contributed by atoms with Crippen molar-refractivity contribution in [3.8, 4) is 11.4 Å². The summed E-state index contributed by atoms with van der Waals surface area (Å²) in [7, 11) is 0. The second-order valence-corrected chi connectivity index (χ2v) is 6.22. The molecule has 1 heterocycles. The number of halogens is 1. The van der Waals surface area contributed by atoms with Crippen LogP contribution in [0.1, 0.15) is 19.7 Å². The van der Waals surface area contributed by atoms with Crippen molar-refractivity contribution in [2.24, 2.45) is 0 Å². The van der Waals surface area contributed by atoms with Crippen molar-refractivity contribution in [2.75, 3.05) is 0 Å². The van der Waals surface area contributed by atoms with Gasteiger partial charge in [-0.05, 0) is 38.1 Å². The van der Waals surface area contributed by atoms with Crippen LogP contribution >= 0.6 is 11.8 Å². The summed E-state index contributed by atoms with van der Waals surface area (Å²) in [6.45, 7) is 3.22. The van der Waals surface area contributed by atoms with E-state index in [0.717, 1.165) is 0 Å². The summed E-state index contributed by atoms with van der Waals surface area (Å²) in [5, 5.41) is 12.8. The highest BCUT2D eigenvalue weighted by molar-refractivity contribution is 8.00. The molecule has 0 fully saturated rings. The zero-order valence-corrected chi connectivity index (χ0v) is 11.8. The van der Waals surface area contributed by atoms with Crippen LogP contribution in [0.15, 0.2) is 28.8 Å². The maximum absolute atomic E-state index is 12.8. The quantitative estimate of drug-likeness (QED) is 0.914. The first-order valence-corrected chi connectivity index (χ1v) is 6.83. The first kappa shape index (κ1) is 14.5. The molecule has 1 aromatic carbocycles. The van der Waals surface area contributed by atoms with E-state index >= 15 is 0 Å². The molecule has 0 aliphatic carbocycles. The second kappa shape index (κ2) is 5.62. The molecule has 7 heteroatoms. The Balaban J connectivity index is 2.06. The normalized spacial score (nSPS) is 11.6. The fraction of sp³-hybridized carbons (Fsp3) is 0.308. The van der Waals surface area contributed by atoms with E-state index in [1.165, 1.54) is 23.9 Å². The van der Waals surface area contributed by atoms with Crippen molar-refractivity contribution in [1.29, 1.82) is 0 Å². The number of carboxylic acid groups (broad SMARTS) is 1. The van der Waals surface area contributed by atoms with Crippen LogP contribution < -0.4 is 0 Å². The van der Waals surface area contributed by atoms with Gasteiger partial charge in [-0.2, -0.15) is 4.98 Å². The predicted octanol–water partition coefficient (Wildman–Crippen LogP) is 2.97. The van der Waals surface area contributed by atoms with Crippen molar-refractivity contribution in [3.05, 3.63) is 36.0 Å². The predicted molar refractivity (Wildman–Crippen MR) is 72.7 cm³/mol. The van der Waals surface area contributed by atoms with Gasteiger partial charge in [0.2, 0.25) is 11.7 Å². The molecular weight excluding hydrogens is 283 g/mol. The van der Waals surface area contributed by atoms with Crippen molar-refractivity contribution in [3.63, 3.8) is 0 Å². The van der Waals surface area contributed by atoms with Gasteiger partial charge in [0, 0.05) is 5.56 Å². The molecule has 0 saturated heterocycles. The Hall–Kier alpha value is -1.89. The molecule has 1 aromatic heterocycles. The minimum Gasteiger partial charge on any atom is -0.480 e. The van der Waals surface area contributed by atoms with E-state index in [-0.39, 0.29) is 5.82 Å². The molecule has 0 radical (unpaired) electrons. The number of thioether (sulfide) groups is 1. The van der Waals surface area contributed by atoms with Gasteiger partial charge in [-0.1, -0.05) is 5.16 Å². The lowest BCUT2D eigenvalue weighted by molar-refractivity contribution is -0.138. The zero-order chi connectivity index (χ0) is 14.8. The molecule has 0 bridgehead atoms. The average molecular weight is 296 g/mol. The number of hydrogen-bond acceptors (Lipinski definition) is 5. The van der Waals surface area contributed by atoms with Gasteiger partial charge in [-0.3, -0.25) is 4.79 Å². The monoisotopic (exact) mass is 296 g/mol. The number of benzene rings is 1. The molecule has 0 aliphatic heterocycles. The van der Waals surface area contributed by atoms with Crippen LogP contribution in [0.5, 0.6) is 0 Å². The van der Waals surface area contributed by atoms with Crippen molar-refractivity contribution < 1.29 is 18.8 Å². The minimum atomic E-state index is -0.926. The molecule has 0 saturated carbocycles. The number of rotatable bonds is 5. The largest absolute Gasteiger partial charge is 0.480 e.